The topological polar surface area (TPSA) is 85.2 Å². The zero-order valence-electron chi connectivity index (χ0n) is 17.4. The molecule has 2 aromatic heterocycles. The van der Waals surface area contributed by atoms with Crippen molar-refractivity contribution in [3.05, 3.63) is 81.4 Å². The molecular formula is C23H22N4O3S. The van der Waals surface area contributed by atoms with Gasteiger partial charge in [0, 0.05) is 24.1 Å². The zero-order chi connectivity index (χ0) is 22.0. The van der Waals surface area contributed by atoms with Crippen LogP contribution < -0.4 is 15.6 Å². The Balaban J connectivity index is 1.39. The van der Waals surface area contributed by atoms with E-state index in [-0.39, 0.29) is 12.5 Å². The van der Waals surface area contributed by atoms with Crippen molar-refractivity contribution in [3.63, 3.8) is 0 Å². The number of carbonyl (C=O) groups is 2. The Morgan fingerprint density at radius 1 is 1.03 bits per heavy atom. The van der Waals surface area contributed by atoms with Crippen LogP contribution in [-0.2, 0) is 13.7 Å². The Labute approximate surface area is 183 Å². The van der Waals surface area contributed by atoms with Gasteiger partial charge in [-0.15, -0.1) is 11.3 Å². The summed E-state index contributed by atoms with van der Waals surface area (Å²) in [6.07, 6.45) is 1.74. The Hall–Kier alpha value is -3.65. The van der Waals surface area contributed by atoms with Gasteiger partial charge in [0.15, 0.2) is 0 Å². The van der Waals surface area contributed by atoms with E-state index in [9.17, 15) is 9.59 Å². The van der Waals surface area contributed by atoms with Gasteiger partial charge in [-0.05, 0) is 32.0 Å². The number of hydrazine groups is 1. The smallest absolute Gasteiger partial charge is 0.281 e. The molecule has 0 fully saturated rings. The summed E-state index contributed by atoms with van der Waals surface area (Å²) >= 11 is 1.24. The van der Waals surface area contributed by atoms with Crippen LogP contribution >= 0.6 is 11.3 Å². The van der Waals surface area contributed by atoms with Gasteiger partial charge in [0.05, 0.1) is 11.3 Å². The summed E-state index contributed by atoms with van der Waals surface area (Å²) in [5.41, 5.74) is 8.16. The molecule has 0 saturated heterocycles. The highest BCUT2D eigenvalue weighted by Crippen LogP contribution is 2.21. The summed E-state index contributed by atoms with van der Waals surface area (Å²) in [5.74, 6) is -0.0489. The Kier molecular flexibility index (Phi) is 5.73. The van der Waals surface area contributed by atoms with Gasteiger partial charge in [0.1, 0.15) is 22.2 Å². The lowest BCUT2D eigenvalue weighted by atomic mass is 10.2. The number of para-hydroxylation sites is 1. The number of rotatable bonds is 5. The number of hydrogen-bond acceptors (Lipinski definition) is 5. The van der Waals surface area contributed by atoms with E-state index in [0.29, 0.717) is 21.1 Å². The summed E-state index contributed by atoms with van der Waals surface area (Å²) in [6.45, 7) is 4.04. The number of nitrogens with one attached hydrogen (secondary N) is 2. The third kappa shape index (κ3) is 4.44. The number of aryl methyl sites for hydroxylation is 3. The number of fused-ring (bicyclic) bond motifs is 1. The van der Waals surface area contributed by atoms with E-state index in [4.69, 9.17) is 4.74 Å². The van der Waals surface area contributed by atoms with Crippen LogP contribution in [0.4, 0.5) is 0 Å². The molecule has 0 bridgehead atoms. The highest BCUT2D eigenvalue weighted by Gasteiger charge is 2.18. The first-order chi connectivity index (χ1) is 14.9. The molecule has 0 saturated carbocycles. The highest BCUT2D eigenvalue weighted by molar-refractivity contribution is 7.13. The van der Waals surface area contributed by atoms with Gasteiger partial charge in [-0.2, -0.15) is 0 Å². The molecular weight excluding hydrogens is 412 g/mol. The molecule has 158 valence electrons. The van der Waals surface area contributed by atoms with Crippen LogP contribution in [-0.4, -0.2) is 21.4 Å². The number of amides is 2. The molecule has 2 heterocycles. The van der Waals surface area contributed by atoms with E-state index in [1.54, 1.807) is 13.1 Å². The van der Waals surface area contributed by atoms with Crippen LogP contribution in [0.5, 0.6) is 5.75 Å². The number of carbonyl (C=O) groups excluding carboxylic acids is 2. The van der Waals surface area contributed by atoms with E-state index >= 15 is 0 Å². The van der Waals surface area contributed by atoms with Gasteiger partial charge >= 0.3 is 0 Å². The first-order valence-corrected chi connectivity index (χ1v) is 10.5. The number of ether oxygens (including phenoxy) is 1. The largest absolute Gasteiger partial charge is 0.486 e. The molecule has 4 rings (SSSR count). The molecule has 0 aliphatic carbocycles. The second kappa shape index (κ2) is 8.61. The first kappa shape index (κ1) is 20.6. The fraction of sp³-hybridized carbons (Fsp3) is 0.174. The van der Waals surface area contributed by atoms with Crippen LogP contribution in [0, 0.1) is 13.8 Å². The predicted octanol–water partition coefficient (Wildman–Crippen LogP) is 3.91. The SMILES string of the molecule is Cc1ccc(OCc2nc(C)c(C(=O)NNC(=O)c3cn(C)c4ccccc34)s2)cc1. The van der Waals surface area contributed by atoms with Gasteiger partial charge in [-0.25, -0.2) is 4.98 Å². The van der Waals surface area contributed by atoms with Crippen molar-refractivity contribution in [2.45, 2.75) is 20.5 Å². The normalized spacial score (nSPS) is 10.8. The van der Waals surface area contributed by atoms with Gasteiger partial charge in [0.25, 0.3) is 11.8 Å². The molecule has 8 heteroatoms. The quantitative estimate of drug-likeness (QED) is 0.467. The van der Waals surface area contributed by atoms with Gasteiger partial charge in [-0.1, -0.05) is 35.9 Å². The van der Waals surface area contributed by atoms with Crippen LogP contribution in [0.3, 0.4) is 0 Å². The van der Waals surface area contributed by atoms with Gasteiger partial charge in [0.2, 0.25) is 0 Å². The van der Waals surface area contributed by atoms with E-state index in [1.165, 1.54) is 11.3 Å². The average molecular weight is 435 g/mol. The van der Waals surface area contributed by atoms with Crippen molar-refractivity contribution in [2.75, 3.05) is 0 Å². The second-order valence-corrected chi connectivity index (χ2v) is 8.29. The van der Waals surface area contributed by atoms with Crippen molar-refractivity contribution in [1.82, 2.24) is 20.4 Å². The van der Waals surface area contributed by atoms with Crippen LogP contribution in [0.25, 0.3) is 10.9 Å². The first-order valence-electron chi connectivity index (χ1n) is 9.73. The van der Waals surface area contributed by atoms with Gasteiger partial charge < -0.3 is 9.30 Å². The molecule has 0 spiro atoms. The Bertz CT molecular complexity index is 1260. The van der Waals surface area contributed by atoms with E-state index in [1.807, 2.05) is 67.1 Å². The summed E-state index contributed by atoms with van der Waals surface area (Å²) in [5, 5.41) is 1.50. The van der Waals surface area contributed by atoms with Crippen LogP contribution in [0.15, 0.2) is 54.7 Å². The maximum Gasteiger partial charge on any atom is 0.281 e. The van der Waals surface area contributed by atoms with Crippen LogP contribution in [0.2, 0.25) is 0 Å². The number of nitrogens with zero attached hydrogens (tertiary/aromatic N) is 2. The summed E-state index contributed by atoms with van der Waals surface area (Å²) in [4.78, 5) is 30.0. The lowest BCUT2D eigenvalue weighted by Gasteiger charge is -2.06. The predicted molar refractivity (Wildman–Crippen MR) is 120 cm³/mol. The minimum absolute atomic E-state index is 0.268. The monoisotopic (exact) mass is 434 g/mol. The van der Waals surface area contributed by atoms with Crippen molar-refractivity contribution < 1.29 is 14.3 Å². The fourth-order valence-electron chi connectivity index (χ4n) is 3.26. The van der Waals surface area contributed by atoms with E-state index in [0.717, 1.165) is 22.2 Å². The van der Waals surface area contributed by atoms with Gasteiger partial charge in [-0.3, -0.25) is 20.4 Å². The maximum atomic E-state index is 12.6. The molecule has 31 heavy (non-hydrogen) atoms. The summed E-state index contributed by atoms with van der Waals surface area (Å²) < 4.78 is 7.61. The van der Waals surface area contributed by atoms with Crippen LogP contribution in [0.1, 0.15) is 36.3 Å². The molecule has 2 aromatic carbocycles. The molecule has 0 unspecified atom stereocenters. The molecule has 0 radical (unpaired) electrons. The number of thiazole rings is 1. The summed E-state index contributed by atoms with van der Waals surface area (Å²) in [7, 11) is 1.87. The number of hydrogen-bond donors (Lipinski definition) is 2. The lowest BCUT2D eigenvalue weighted by molar-refractivity contribution is 0.0849. The van der Waals surface area contributed by atoms with E-state index < -0.39 is 5.91 Å². The van der Waals surface area contributed by atoms with Crippen molar-refractivity contribution in [2.24, 2.45) is 7.05 Å². The molecule has 0 atom stereocenters. The number of benzene rings is 2. The third-order valence-electron chi connectivity index (χ3n) is 4.86. The minimum Gasteiger partial charge on any atom is -0.486 e. The van der Waals surface area contributed by atoms with Crippen molar-refractivity contribution in [1.29, 1.82) is 0 Å². The number of aromatic nitrogens is 2. The molecule has 2 N–H and O–H groups in total. The minimum atomic E-state index is -0.412. The standard InChI is InChI=1S/C23H22N4O3S/c1-14-8-10-16(11-9-14)30-13-20-24-15(2)21(31-20)23(29)26-25-22(28)18-12-27(3)19-7-5-4-6-17(18)19/h4-12H,13H2,1-3H3,(H,25,28)(H,26,29). The molecule has 2 amide bonds. The summed E-state index contributed by atoms with van der Waals surface area (Å²) in [6, 6.07) is 15.3. The second-order valence-electron chi connectivity index (χ2n) is 7.20. The third-order valence-corrected chi connectivity index (χ3v) is 5.99. The molecule has 0 aliphatic rings. The molecule has 7 nitrogen and oxygen atoms in total. The Morgan fingerprint density at radius 3 is 2.52 bits per heavy atom. The molecule has 0 aliphatic heterocycles. The fourth-order valence-corrected chi connectivity index (χ4v) is 4.14. The Morgan fingerprint density at radius 2 is 1.74 bits per heavy atom. The average Bonchev–Trinajstić information content (AvgIpc) is 3.31. The maximum absolute atomic E-state index is 12.6. The van der Waals surface area contributed by atoms with Crippen molar-refractivity contribution >= 4 is 34.1 Å². The molecule has 4 aromatic rings. The zero-order valence-corrected chi connectivity index (χ0v) is 18.2. The lowest BCUT2D eigenvalue weighted by Crippen LogP contribution is -2.41. The van der Waals surface area contributed by atoms with E-state index in [2.05, 4.69) is 15.8 Å². The van der Waals surface area contributed by atoms with Crippen molar-refractivity contribution in [3.8, 4) is 5.75 Å². The highest BCUT2D eigenvalue weighted by atomic mass is 32.1.